The summed E-state index contributed by atoms with van der Waals surface area (Å²) in [6, 6.07) is 11.6. The molecule has 0 unspecified atom stereocenters. The van der Waals surface area contributed by atoms with E-state index in [1.807, 2.05) is 36.4 Å². The fourth-order valence-corrected chi connectivity index (χ4v) is 3.97. The van der Waals surface area contributed by atoms with Crippen LogP contribution in [0.2, 0.25) is 0 Å². The lowest BCUT2D eigenvalue weighted by atomic mass is 10.1. The van der Waals surface area contributed by atoms with E-state index in [-0.39, 0.29) is 17.4 Å². The largest absolute Gasteiger partial charge is 0.497 e. The Kier molecular flexibility index (Phi) is 5.71. The van der Waals surface area contributed by atoms with Gasteiger partial charge in [-0.3, -0.25) is 4.57 Å². The number of fused-ring (bicyclic) bond motifs is 2. The van der Waals surface area contributed by atoms with Crippen LogP contribution in [0.15, 0.2) is 47.8 Å². The van der Waals surface area contributed by atoms with Crippen molar-refractivity contribution >= 4 is 39.9 Å². The molecule has 2 aromatic heterocycles. The number of hydrogen-bond donors (Lipinski definition) is 5. The van der Waals surface area contributed by atoms with Crippen LogP contribution >= 0.6 is 0 Å². The number of anilines is 2. The van der Waals surface area contributed by atoms with Crippen LogP contribution in [0.4, 0.5) is 11.8 Å². The molecule has 0 saturated carbocycles. The van der Waals surface area contributed by atoms with Gasteiger partial charge in [-0.05, 0) is 22.9 Å². The molecule has 0 radical (unpaired) electrons. The molecule has 1 aliphatic heterocycles. The Morgan fingerprint density at radius 3 is 2.85 bits per heavy atom. The van der Waals surface area contributed by atoms with Gasteiger partial charge in [0.2, 0.25) is 5.95 Å². The number of aliphatic hydroxyl groups is 3. The summed E-state index contributed by atoms with van der Waals surface area (Å²) >= 11 is 0. The molecule has 34 heavy (non-hydrogen) atoms. The lowest BCUT2D eigenvalue weighted by Gasteiger charge is -2.16. The lowest BCUT2D eigenvalue weighted by Crippen LogP contribution is -2.33. The summed E-state index contributed by atoms with van der Waals surface area (Å²) in [7, 11) is 1.62. The SMILES string of the molecule is COc1ccc2c(C=NNc3nc(N)c4ncn([C@@H]5O[C@H](CO)[C@@H](O)[C@H]5O)c4n3)cccc2c1. The number of benzene rings is 2. The van der Waals surface area contributed by atoms with Crippen LogP contribution < -0.4 is 15.9 Å². The van der Waals surface area contributed by atoms with Crippen molar-refractivity contribution in [2.45, 2.75) is 24.5 Å². The standard InChI is InChI=1S/C22H23N7O5/c1-33-13-5-6-14-11(7-13)3-2-4-12(14)8-25-28-22-26-19(23)16-20(27-22)29(10-24-16)21-18(32)17(31)15(9-30)34-21/h2-8,10,15,17-18,21,30-32H,9H2,1H3,(H3,23,26,27,28)/t15-,17-,18-,21-/m1/s1. The van der Waals surface area contributed by atoms with Crippen molar-refractivity contribution in [2.75, 3.05) is 24.9 Å². The number of aliphatic hydroxyl groups excluding tert-OH is 3. The normalized spacial score (nSPS) is 22.7. The summed E-state index contributed by atoms with van der Waals surface area (Å²) in [6.07, 6.45) is -1.45. The number of methoxy groups -OCH3 is 1. The van der Waals surface area contributed by atoms with Crippen molar-refractivity contribution < 1.29 is 24.8 Å². The zero-order valence-corrected chi connectivity index (χ0v) is 18.1. The average molecular weight is 465 g/mol. The van der Waals surface area contributed by atoms with E-state index in [0.29, 0.717) is 5.52 Å². The van der Waals surface area contributed by atoms with Gasteiger partial charge < -0.3 is 30.5 Å². The Bertz CT molecular complexity index is 1370. The van der Waals surface area contributed by atoms with Gasteiger partial charge in [0.25, 0.3) is 0 Å². The number of ether oxygens (including phenoxy) is 2. The predicted molar refractivity (Wildman–Crippen MR) is 124 cm³/mol. The van der Waals surface area contributed by atoms with Crippen LogP contribution in [0.25, 0.3) is 21.9 Å². The van der Waals surface area contributed by atoms with Crippen LogP contribution in [0.5, 0.6) is 5.75 Å². The summed E-state index contributed by atoms with van der Waals surface area (Å²) in [4.78, 5) is 12.8. The summed E-state index contributed by atoms with van der Waals surface area (Å²) < 4.78 is 12.3. The maximum absolute atomic E-state index is 10.4. The van der Waals surface area contributed by atoms with Gasteiger partial charge in [-0.1, -0.05) is 24.3 Å². The van der Waals surface area contributed by atoms with Crippen molar-refractivity contribution in [2.24, 2.45) is 5.10 Å². The molecule has 4 aromatic rings. The highest BCUT2D eigenvalue weighted by Crippen LogP contribution is 2.32. The van der Waals surface area contributed by atoms with E-state index in [1.165, 1.54) is 10.9 Å². The Morgan fingerprint density at radius 1 is 1.24 bits per heavy atom. The number of hydrogen-bond acceptors (Lipinski definition) is 11. The number of nitrogens with one attached hydrogen (secondary N) is 1. The summed E-state index contributed by atoms with van der Waals surface area (Å²) in [5, 5.41) is 36.0. The van der Waals surface area contributed by atoms with E-state index in [0.717, 1.165) is 22.1 Å². The second-order valence-corrected chi connectivity index (χ2v) is 7.79. The molecule has 1 aliphatic rings. The monoisotopic (exact) mass is 465 g/mol. The first-order chi connectivity index (χ1) is 16.5. The molecule has 1 saturated heterocycles. The Balaban J connectivity index is 1.43. The van der Waals surface area contributed by atoms with E-state index in [4.69, 9.17) is 15.2 Å². The van der Waals surface area contributed by atoms with Crippen LogP contribution in [0, 0.1) is 0 Å². The molecule has 0 aliphatic carbocycles. The highest BCUT2D eigenvalue weighted by Gasteiger charge is 2.44. The third-order valence-corrected chi connectivity index (χ3v) is 5.73. The lowest BCUT2D eigenvalue weighted by molar-refractivity contribution is -0.0511. The Morgan fingerprint density at radius 2 is 2.09 bits per heavy atom. The van der Waals surface area contributed by atoms with E-state index >= 15 is 0 Å². The third kappa shape index (κ3) is 3.78. The molecule has 6 N–H and O–H groups in total. The quantitative estimate of drug-likeness (QED) is 0.201. The van der Waals surface area contributed by atoms with Gasteiger partial charge in [0.1, 0.15) is 29.6 Å². The van der Waals surface area contributed by atoms with Crippen LogP contribution in [-0.4, -0.2) is 73.1 Å². The van der Waals surface area contributed by atoms with Gasteiger partial charge in [0.05, 0.1) is 26.3 Å². The van der Waals surface area contributed by atoms with E-state index < -0.39 is 31.1 Å². The molecule has 2 aromatic carbocycles. The van der Waals surface area contributed by atoms with Crippen molar-refractivity contribution in [3.63, 3.8) is 0 Å². The average Bonchev–Trinajstić information content (AvgIpc) is 3.39. The summed E-state index contributed by atoms with van der Waals surface area (Å²) in [5.74, 6) is 0.977. The predicted octanol–water partition coefficient (Wildman–Crippen LogP) is 0.628. The van der Waals surface area contributed by atoms with Crippen LogP contribution in [0.1, 0.15) is 11.8 Å². The Labute approximate surface area is 193 Å². The number of nitrogens with two attached hydrogens (primary N) is 1. The van der Waals surface area contributed by atoms with Crippen LogP contribution in [0.3, 0.4) is 0 Å². The van der Waals surface area contributed by atoms with Gasteiger partial charge in [-0.25, -0.2) is 10.4 Å². The van der Waals surface area contributed by atoms with Gasteiger partial charge in [0, 0.05) is 5.56 Å². The maximum Gasteiger partial charge on any atom is 0.247 e. The summed E-state index contributed by atoms with van der Waals surface area (Å²) in [6.45, 7) is -0.444. The molecule has 0 bridgehead atoms. The molecule has 3 heterocycles. The number of rotatable bonds is 6. The third-order valence-electron chi connectivity index (χ3n) is 5.73. The smallest absolute Gasteiger partial charge is 0.247 e. The van der Waals surface area contributed by atoms with Crippen LogP contribution in [-0.2, 0) is 4.74 Å². The highest BCUT2D eigenvalue weighted by atomic mass is 16.6. The maximum atomic E-state index is 10.4. The van der Waals surface area contributed by atoms with Gasteiger partial charge in [-0.15, -0.1) is 0 Å². The molecular formula is C22H23N7O5. The van der Waals surface area contributed by atoms with E-state index in [2.05, 4.69) is 25.5 Å². The van der Waals surface area contributed by atoms with Crippen molar-refractivity contribution in [3.05, 3.63) is 48.3 Å². The Hall–Kier alpha value is -3.84. The molecular weight excluding hydrogens is 442 g/mol. The second kappa shape index (κ2) is 8.83. The van der Waals surface area contributed by atoms with E-state index in [1.54, 1.807) is 13.3 Å². The minimum atomic E-state index is -1.29. The number of nitrogens with zero attached hydrogens (tertiary/aromatic N) is 5. The topological polar surface area (TPSA) is 173 Å². The molecule has 5 rings (SSSR count). The zero-order valence-electron chi connectivity index (χ0n) is 18.1. The van der Waals surface area contributed by atoms with Gasteiger partial charge in [0.15, 0.2) is 17.7 Å². The number of hydrazone groups is 1. The molecule has 4 atom stereocenters. The van der Waals surface area contributed by atoms with Crippen molar-refractivity contribution in [1.29, 1.82) is 0 Å². The molecule has 0 amide bonds. The first-order valence-corrected chi connectivity index (χ1v) is 10.5. The van der Waals surface area contributed by atoms with Crippen molar-refractivity contribution in [1.82, 2.24) is 19.5 Å². The first-order valence-electron chi connectivity index (χ1n) is 10.5. The fraction of sp³-hybridized carbons (Fsp3) is 0.273. The second-order valence-electron chi connectivity index (χ2n) is 7.79. The molecule has 176 valence electrons. The molecule has 12 nitrogen and oxygen atoms in total. The van der Waals surface area contributed by atoms with Gasteiger partial charge >= 0.3 is 0 Å². The molecule has 12 heteroatoms. The molecule has 0 spiro atoms. The zero-order chi connectivity index (χ0) is 23.8. The highest BCUT2D eigenvalue weighted by molar-refractivity contribution is 6.00. The van der Waals surface area contributed by atoms with Crippen molar-refractivity contribution in [3.8, 4) is 5.75 Å². The number of nitrogen functional groups attached to an aromatic ring is 1. The molecule has 1 fully saturated rings. The number of aromatic nitrogens is 4. The minimum Gasteiger partial charge on any atom is -0.497 e. The minimum absolute atomic E-state index is 0.102. The first kappa shape index (κ1) is 22.0. The summed E-state index contributed by atoms with van der Waals surface area (Å²) in [5.41, 5.74) is 10.3. The van der Waals surface area contributed by atoms with E-state index in [9.17, 15) is 15.3 Å². The number of imidazole rings is 1. The van der Waals surface area contributed by atoms with Gasteiger partial charge in [-0.2, -0.15) is 15.1 Å². The fourth-order valence-electron chi connectivity index (χ4n) is 3.97.